The van der Waals surface area contributed by atoms with Gasteiger partial charge in [-0.2, -0.15) is 4.98 Å². The van der Waals surface area contributed by atoms with E-state index in [0.717, 1.165) is 71.8 Å². The summed E-state index contributed by atoms with van der Waals surface area (Å²) in [5.74, 6) is 2.40. The second-order valence-electron chi connectivity index (χ2n) is 9.60. The number of H-pyrrole nitrogens is 1. The van der Waals surface area contributed by atoms with Crippen molar-refractivity contribution in [1.82, 2.24) is 24.9 Å². The van der Waals surface area contributed by atoms with Gasteiger partial charge in [0.25, 0.3) is 0 Å². The minimum atomic E-state index is -0.358. The van der Waals surface area contributed by atoms with Gasteiger partial charge in [-0.25, -0.2) is 15.0 Å². The molecule has 9 nitrogen and oxygen atoms in total. The standard InChI is InChI=1S/C25H25ClN8OS/c26-19-17(7-10-28-21(19)30-14-5-6-14)36-18-13-29-22-23(31-18)33-24(32-22)34-11-8-25(9-12-34)20(27)15-3-1-2-4-16(15)35-25/h1-4,7,10,13-14,20H,5-6,8-9,11-12,27H2,(H,28,30)(H,29,31,32,33)/t20-/m1/s1. The normalized spacial score (nSPS) is 20.5. The number of nitrogens with two attached hydrogens (primary N) is 1. The molecule has 1 saturated heterocycles. The number of hydrogen-bond acceptors (Lipinski definition) is 9. The monoisotopic (exact) mass is 520 g/mol. The van der Waals surface area contributed by atoms with Crippen LogP contribution in [0.5, 0.6) is 5.75 Å². The van der Waals surface area contributed by atoms with Gasteiger partial charge < -0.3 is 25.7 Å². The highest BCUT2D eigenvalue weighted by Crippen LogP contribution is 2.47. The van der Waals surface area contributed by atoms with E-state index in [9.17, 15) is 0 Å². The lowest BCUT2D eigenvalue weighted by atomic mass is 9.83. The van der Waals surface area contributed by atoms with Crippen molar-refractivity contribution in [3.63, 3.8) is 0 Å². The average molecular weight is 521 g/mol. The fourth-order valence-electron chi connectivity index (χ4n) is 5.01. The minimum absolute atomic E-state index is 0.116. The second kappa shape index (κ2) is 8.50. The molecule has 1 aliphatic carbocycles. The van der Waals surface area contributed by atoms with Gasteiger partial charge in [0.2, 0.25) is 5.95 Å². The van der Waals surface area contributed by atoms with Gasteiger partial charge in [-0.05, 0) is 25.0 Å². The predicted octanol–water partition coefficient (Wildman–Crippen LogP) is 4.56. The summed E-state index contributed by atoms with van der Waals surface area (Å²) in [5.41, 5.74) is 8.60. The minimum Gasteiger partial charge on any atom is -0.485 e. The van der Waals surface area contributed by atoms with Crippen LogP contribution in [0.25, 0.3) is 11.3 Å². The summed E-state index contributed by atoms with van der Waals surface area (Å²) in [6, 6.07) is 10.3. The molecular weight excluding hydrogens is 496 g/mol. The van der Waals surface area contributed by atoms with Crippen molar-refractivity contribution in [2.45, 2.75) is 53.3 Å². The zero-order chi connectivity index (χ0) is 24.3. The SMILES string of the molecule is N[C@@H]1c2ccccc2OC12CCN(c1nc3ncc(Sc4ccnc(NC5CC5)c4Cl)nc3[nH]1)CC2. The molecule has 36 heavy (non-hydrogen) atoms. The largest absolute Gasteiger partial charge is 0.485 e. The Morgan fingerprint density at radius 2 is 1.97 bits per heavy atom. The molecule has 3 aliphatic rings. The number of para-hydroxylation sites is 1. The number of pyridine rings is 1. The van der Waals surface area contributed by atoms with Crippen LogP contribution in [-0.4, -0.2) is 49.7 Å². The predicted molar refractivity (Wildman–Crippen MR) is 140 cm³/mol. The van der Waals surface area contributed by atoms with Crippen molar-refractivity contribution in [3.05, 3.63) is 53.3 Å². The Morgan fingerprint density at radius 1 is 1.14 bits per heavy atom. The van der Waals surface area contributed by atoms with Gasteiger partial charge >= 0.3 is 0 Å². The van der Waals surface area contributed by atoms with Gasteiger partial charge in [0.05, 0.1) is 17.3 Å². The molecule has 0 unspecified atom stereocenters. The third-order valence-electron chi connectivity index (χ3n) is 7.20. The summed E-state index contributed by atoms with van der Waals surface area (Å²) < 4.78 is 6.38. The summed E-state index contributed by atoms with van der Waals surface area (Å²) in [6.07, 6.45) is 7.45. The fourth-order valence-corrected chi connectivity index (χ4v) is 6.08. The Kier molecular flexibility index (Phi) is 5.23. The molecule has 4 aromatic rings. The van der Waals surface area contributed by atoms with Crippen molar-refractivity contribution >= 4 is 46.4 Å². The van der Waals surface area contributed by atoms with E-state index in [1.54, 1.807) is 12.4 Å². The molecule has 1 saturated carbocycles. The Balaban J connectivity index is 1.07. The Bertz CT molecular complexity index is 1450. The van der Waals surface area contributed by atoms with E-state index < -0.39 is 0 Å². The van der Waals surface area contributed by atoms with Gasteiger partial charge in [0.1, 0.15) is 22.2 Å². The van der Waals surface area contributed by atoms with Crippen molar-refractivity contribution < 1.29 is 4.74 Å². The molecule has 1 aromatic carbocycles. The lowest BCUT2D eigenvalue weighted by Gasteiger charge is -2.40. The number of nitrogens with one attached hydrogen (secondary N) is 2. The number of imidazole rings is 1. The molecule has 4 N–H and O–H groups in total. The summed E-state index contributed by atoms with van der Waals surface area (Å²) in [5, 5.41) is 4.72. The number of aromatic nitrogens is 5. The molecule has 1 atom stereocenters. The van der Waals surface area contributed by atoms with Crippen LogP contribution in [0.3, 0.4) is 0 Å². The van der Waals surface area contributed by atoms with Crippen molar-refractivity contribution in [1.29, 1.82) is 0 Å². The molecule has 3 aromatic heterocycles. The number of ether oxygens (including phenoxy) is 1. The van der Waals surface area contributed by atoms with Gasteiger partial charge in [-0.3, -0.25) is 0 Å². The third kappa shape index (κ3) is 3.84. The molecule has 5 heterocycles. The van der Waals surface area contributed by atoms with Crippen molar-refractivity contribution in [2.75, 3.05) is 23.3 Å². The molecule has 0 radical (unpaired) electrons. The molecule has 7 rings (SSSR count). The number of nitrogens with zero attached hydrogens (tertiary/aromatic N) is 5. The molecular formula is C25H25ClN8OS. The third-order valence-corrected chi connectivity index (χ3v) is 8.66. The lowest BCUT2D eigenvalue weighted by molar-refractivity contribution is 0.0430. The first-order valence-corrected chi connectivity index (χ1v) is 13.4. The number of halogens is 1. The van der Waals surface area contributed by atoms with Crippen LogP contribution in [0.1, 0.15) is 37.3 Å². The molecule has 0 bridgehead atoms. The van der Waals surface area contributed by atoms with Crippen LogP contribution in [0, 0.1) is 0 Å². The van der Waals surface area contributed by atoms with Crippen LogP contribution in [0.15, 0.2) is 52.6 Å². The molecule has 11 heteroatoms. The van der Waals surface area contributed by atoms with Gasteiger partial charge in [-0.1, -0.05) is 41.6 Å². The van der Waals surface area contributed by atoms with E-state index >= 15 is 0 Å². The number of aromatic amines is 1. The maximum absolute atomic E-state index is 6.62. The van der Waals surface area contributed by atoms with E-state index in [0.29, 0.717) is 22.4 Å². The number of rotatable bonds is 5. The summed E-state index contributed by atoms with van der Waals surface area (Å²) in [7, 11) is 0. The van der Waals surface area contributed by atoms with Crippen LogP contribution in [-0.2, 0) is 0 Å². The molecule has 1 spiro atoms. The molecule has 2 fully saturated rings. The Hall–Kier alpha value is -3.08. The molecule has 0 amide bonds. The summed E-state index contributed by atoms with van der Waals surface area (Å²) >= 11 is 8.07. The van der Waals surface area contributed by atoms with E-state index in [1.807, 2.05) is 24.3 Å². The van der Waals surface area contributed by atoms with Crippen molar-refractivity contribution in [2.24, 2.45) is 5.73 Å². The van der Waals surface area contributed by atoms with E-state index in [-0.39, 0.29) is 11.6 Å². The smallest absolute Gasteiger partial charge is 0.206 e. The number of piperidine rings is 1. The summed E-state index contributed by atoms with van der Waals surface area (Å²) in [4.78, 5) is 24.8. The van der Waals surface area contributed by atoms with E-state index in [4.69, 9.17) is 32.0 Å². The van der Waals surface area contributed by atoms with Crippen LogP contribution in [0.4, 0.5) is 11.8 Å². The maximum Gasteiger partial charge on any atom is 0.206 e. The van der Waals surface area contributed by atoms with Gasteiger partial charge in [0.15, 0.2) is 11.3 Å². The lowest BCUT2D eigenvalue weighted by Crippen LogP contribution is -2.51. The van der Waals surface area contributed by atoms with E-state index in [1.165, 1.54) is 11.8 Å². The second-order valence-corrected chi connectivity index (χ2v) is 11.0. The van der Waals surface area contributed by atoms with Crippen LogP contribution < -0.4 is 20.7 Å². The van der Waals surface area contributed by atoms with Crippen LogP contribution >= 0.6 is 23.4 Å². The van der Waals surface area contributed by atoms with Crippen LogP contribution in [0.2, 0.25) is 5.02 Å². The first kappa shape index (κ1) is 22.1. The Morgan fingerprint density at radius 3 is 2.78 bits per heavy atom. The Labute approximate surface area is 217 Å². The zero-order valence-electron chi connectivity index (χ0n) is 19.4. The topological polar surface area (TPSA) is 118 Å². The first-order chi connectivity index (χ1) is 17.6. The highest BCUT2D eigenvalue weighted by molar-refractivity contribution is 7.99. The maximum atomic E-state index is 6.62. The van der Waals surface area contributed by atoms with Crippen molar-refractivity contribution in [3.8, 4) is 5.75 Å². The number of benzene rings is 1. The van der Waals surface area contributed by atoms with Gasteiger partial charge in [0, 0.05) is 48.6 Å². The number of anilines is 2. The fraction of sp³-hybridized carbons (Fsp3) is 0.360. The first-order valence-electron chi connectivity index (χ1n) is 12.2. The highest BCUT2D eigenvalue weighted by Gasteiger charge is 2.48. The number of hydrogen-bond donors (Lipinski definition) is 3. The quantitative estimate of drug-likeness (QED) is 0.348. The summed E-state index contributed by atoms with van der Waals surface area (Å²) in [6.45, 7) is 1.57. The average Bonchev–Trinajstić information content (AvgIpc) is 3.55. The number of fused-ring (bicyclic) bond motifs is 2. The zero-order valence-corrected chi connectivity index (χ0v) is 21.0. The molecule has 2 aliphatic heterocycles. The van der Waals surface area contributed by atoms with E-state index in [2.05, 4.69) is 31.2 Å². The highest BCUT2D eigenvalue weighted by atomic mass is 35.5. The molecule has 184 valence electrons. The van der Waals surface area contributed by atoms with Gasteiger partial charge in [-0.15, -0.1) is 0 Å².